The molecule has 1 aromatic rings. The highest BCUT2D eigenvalue weighted by Crippen LogP contribution is 2.40. The minimum atomic E-state index is -4.55. The molecule has 1 saturated heterocycles. The van der Waals surface area contributed by atoms with E-state index >= 15 is 0 Å². The molecule has 1 saturated carbocycles. The normalized spacial score (nSPS) is 19.8. The summed E-state index contributed by atoms with van der Waals surface area (Å²) in [6.07, 6.45) is -2.12. The minimum absolute atomic E-state index is 0.0784. The molecule has 0 bridgehead atoms. The second-order valence-electron chi connectivity index (χ2n) is 6.12. The third-order valence-corrected chi connectivity index (χ3v) is 4.82. The van der Waals surface area contributed by atoms with E-state index in [2.05, 4.69) is 15.9 Å². The predicted octanol–water partition coefficient (Wildman–Crippen LogP) is 4.61. The van der Waals surface area contributed by atoms with Crippen LogP contribution in [0.1, 0.15) is 43.7 Å². The van der Waals surface area contributed by atoms with Gasteiger partial charge in [-0.25, -0.2) is 9.59 Å². The van der Waals surface area contributed by atoms with E-state index in [0.717, 1.165) is 25.0 Å². The standard InChI is InChI=1S/C17H14BrF3O4/c1-9(10-6-11(17(19,20)21)8-12(18)7-10)13-14(22)24-16(25-15(13)23)4-2-3-5-16/h6-8H,2-5H2,1H3. The van der Waals surface area contributed by atoms with Crippen molar-refractivity contribution in [1.82, 2.24) is 0 Å². The van der Waals surface area contributed by atoms with Crippen molar-refractivity contribution in [3.63, 3.8) is 0 Å². The molecule has 0 radical (unpaired) electrons. The lowest BCUT2D eigenvalue weighted by molar-refractivity contribution is -0.232. The smallest absolute Gasteiger partial charge is 0.416 e. The van der Waals surface area contributed by atoms with Gasteiger partial charge >= 0.3 is 18.1 Å². The number of esters is 2. The summed E-state index contributed by atoms with van der Waals surface area (Å²) in [4.78, 5) is 24.7. The van der Waals surface area contributed by atoms with Gasteiger partial charge in [-0.2, -0.15) is 13.2 Å². The van der Waals surface area contributed by atoms with Gasteiger partial charge in [0.15, 0.2) is 0 Å². The molecular formula is C17H14BrF3O4. The zero-order valence-corrected chi connectivity index (χ0v) is 14.8. The van der Waals surface area contributed by atoms with Crippen molar-refractivity contribution in [2.45, 2.75) is 44.6 Å². The van der Waals surface area contributed by atoms with Crippen molar-refractivity contribution in [3.8, 4) is 0 Å². The van der Waals surface area contributed by atoms with Gasteiger partial charge in [-0.15, -0.1) is 0 Å². The van der Waals surface area contributed by atoms with Crippen LogP contribution in [0.4, 0.5) is 13.2 Å². The molecule has 2 fully saturated rings. The Balaban J connectivity index is 2.02. The number of rotatable bonds is 1. The summed E-state index contributed by atoms with van der Waals surface area (Å²) in [5.74, 6) is -2.93. The number of hydrogen-bond donors (Lipinski definition) is 0. The van der Waals surface area contributed by atoms with E-state index in [1.165, 1.54) is 13.0 Å². The number of halogens is 4. The summed E-state index contributed by atoms with van der Waals surface area (Å²) in [6.45, 7) is 1.40. The average Bonchev–Trinajstić information content (AvgIpc) is 2.92. The van der Waals surface area contributed by atoms with Gasteiger partial charge in [-0.05, 0) is 49.1 Å². The van der Waals surface area contributed by atoms with Crippen molar-refractivity contribution >= 4 is 33.4 Å². The first-order valence-corrected chi connectivity index (χ1v) is 8.46. The molecule has 3 rings (SSSR count). The molecule has 1 aromatic carbocycles. The third-order valence-electron chi connectivity index (χ3n) is 4.36. The van der Waals surface area contributed by atoms with Crippen LogP contribution in [0.25, 0.3) is 5.57 Å². The highest BCUT2D eigenvalue weighted by atomic mass is 79.9. The van der Waals surface area contributed by atoms with Crippen LogP contribution in [0.5, 0.6) is 0 Å². The molecule has 1 spiro atoms. The summed E-state index contributed by atoms with van der Waals surface area (Å²) in [7, 11) is 0. The highest BCUT2D eigenvalue weighted by Gasteiger charge is 2.48. The maximum atomic E-state index is 13.0. The number of carbonyl (C=O) groups excluding carboxylic acids is 2. The summed E-state index contributed by atoms with van der Waals surface area (Å²) >= 11 is 3.02. The van der Waals surface area contributed by atoms with E-state index in [1.807, 2.05) is 0 Å². The van der Waals surface area contributed by atoms with Gasteiger partial charge in [0.05, 0.1) is 5.56 Å². The summed E-state index contributed by atoms with van der Waals surface area (Å²) in [5.41, 5.74) is -1.09. The number of carbonyl (C=O) groups is 2. The van der Waals surface area contributed by atoms with E-state index in [4.69, 9.17) is 9.47 Å². The topological polar surface area (TPSA) is 52.6 Å². The first kappa shape index (κ1) is 18.0. The van der Waals surface area contributed by atoms with Gasteiger partial charge in [0.2, 0.25) is 0 Å². The van der Waals surface area contributed by atoms with Gasteiger partial charge in [0.1, 0.15) is 5.57 Å². The van der Waals surface area contributed by atoms with Crippen LogP contribution in [0, 0.1) is 0 Å². The van der Waals surface area contributed by atoms with Gasteiger partial charge in [0, 0.05) is 17.3 Å². The zero-order chi connectivity index (χ0) is 18.4. The molecule has 25 heavy (non-hydrogen) atoms. The molecule has 0 amide bonds. The van der Waals surface area contributed by atoms with Gasteiger partial charge in [-0.1, -0.05) is 15.9 Å². The van der Waals surface area contributed by atoms with E-state index in [9.17, 15) is 22.8 Å². The van der Waals surface area contributed by atoms with Crippen molar-refractivity contribution in [3.05, 3.63) is 39.4 Å². The molecular weight excluding hydrogens is 405 g/mol. The summed E-state index contributed by atoms with van der Waals surface area (Å²) < 4.78 is 49.8. The highest BCUT2D eigenvalue weighted by molar-refractivity contribution is 9.10. The molecule has 134 valence electrons. The Morgan fingerprint density at radius 2 is 1.64 bits per heavy atom. The van der Waals surface area contributed by atoms with E-state index in [0.29, 0.717) is 12.8 Å². The van der Waals surface area contributed by atoms with Crippen LogP contribution in [0.2, 0.25) is 0 Å². The summed E-state index contributed by atoms with van der Waals surface area (Å²) in [5, 5.41) is 0. The summed E-state index contributed by atoms with van der Waals surface area (Å²) in [6, 6.07) is 3.21. The fourth-order valence-corrected chi connectivity index (χ4v) is 3.58. The van der Waals surface area contributed by atoms with Gasteiger partial charge in [-0.3, -0.25) is 0 Å². The Morgan fingerprint density at radius 3 is 2.16 bits per heavy atom. The largest absolute Gasteiger partial charge is 0.419 e. The Hall–Kier alpha value is -1.83. The van der Waals surface area contributed by atoms with Gasteiger partial charge < -0.3 is 9.47 Å². The molecule has 8 heteroatoms. The molecule has 0 unspecified atom stereocenters. The molecule has 0 N–H and O–H groups in total. The molecule has 1 aliphatic carbocycles. The Labute approximate surface area is 150 Å². The average molecular weight is 419 g/mol. The number of benzene rings is 1. The quantitative estimate of drug-likeness (QED) is 0.379. The van der Waals surface area contributed by atoms with Crippen LogP contribution in [0.15, 0.2) is 28.2 Å². The second-order valence-corrected chi connectivity index (χ2v) is 7.04. The van der Waals surface area contributed by atoms with Crippen LogP contribution in [0.3, 0.4) is 0 Å². The Kier molecular flexibility index (Phi) is 4.43. The van der Waals surface area contributed by atoms with Crippen LogP contribution in [-0.2, 0) is 25.2 Å². The molecule has 0 aromatic heterocycles. The van der Waals surface area contributed by atoms with Crippen molar-refractivity contribution in [1.29, 1.82) is 0 Å². The minimum Gasteiger partial charge on any atom is -0.419 e. The van der Waals surface area contributed by atoms with Crippen molar-refractivity contribution < 1.29 is 32.2 Å². The van der Waals surface area contributed by atoms with E-state index in [1.54, 1.807) is 0 Å². The van der Waals surface area contributed by atoms with E-state index in [-0.39, 0.29) is 21.2 Å². The van der Waals surface area contributed by atoms with Crippen LogP contribution in [-0.4, -0.2) is 17.7 Å². The van der Waals surface area contributed by atoms with Crippen LogP contribution >= 0.6 is 15.9 Å². The molecule has 1 heterocycles. The lowest BCUT2D eigenvalue weighted by atomic mass is 9.98. The number of ether oxygens (including phenoxy) is 2. The van der Waals surface area contributed by atoms with Gasteiger partial charge in [0.25, 0.3) is 5.79 Å². The maximum absolute atomic E-state index is 13.0. The fourth-order valence-electron chi connectivity index (χ4n) is 3.08. The molecule has 0 atom stereocenters. The number of allylic oxidation sites excluding steroid dienone is 1. The lowest BCUT2D eigenvalue weighted by Gasteiger charge is -2.33. The Morgan fingerprint density at radius 1 is 1.08 bits per heavy atom. The first-order valence-electron chi connectivity index (χ1n) is 7.67. The van der Waals surface area contributed by atoms with Crippen molar-refractivity contribution in [2.24, 2.45) is 0 Å². The molecule has 2 aliphatic rings. The number of alkyl halides is 3. The fraction of sp³-hybridized carbons (Fsp3) is 0.412. The zero-order valence-electron chi connectivity index (χ0n) is 13.2. The first-order chi connectivity index (χ1) is 11.6. The lowest BCUT2D eigenvalue weighted by Crippen LogP contribution is -2.44. The van der Waals surface area contributed by atoms with Crippen LogP contribution < -0.4 is 0 Å². The SMILES string of the molecule is CC(=C1C(=O)OC2(CCCC2)OC1=O)c1cc(Br)cc(C(F)(F)F)c1. The molecule has 1 aliphatic heterocycles. The predicted molar refractivity (Wildman–Crippen MR) is 85.1 cm³/mol. The van der Waals surface area contributed by atoms with Crippen molar-refractivity contribution in [2.75, 3.05) is 0 Å². The Bertz CT molecular complexity index is 755. The monoisotopic (exact) mass is 418 g/mol. The molecule has 4 nitrogen and oxygen atoms in total. The number of hydrogen-bond acceptors (Lipinski definition) is 4. The third kappa shape index (κ3) is 3.44. The maximum Gasteiger partial charge on any atom is 0.416 e. The second kappa shape index (κ2) is 6.16. The van der Waals surface area contributed by atoms with E-state index < -0.39 is 29.5 Å².